The summed E-state index contributed by atoms with van der Waals surface area (Å²) in [6, 6.07) is 0. The molecule has 0 aromatic heterocycles. The Balaban J connectivity index is 0. The standard InChI is InChI=1S/C5H10O2S.K/c1-3-4(2)7-5(6)8;/h4H,3H2,1-2H3,(H,6,8);/q;+1/p-1. The van der Waals surface area contributed by atoms with Crippen LogP contribution in [0.15, 0.2) is 0 Å². The Morgan fingerprint density at radius 2 is 2.22 bits per heavy atom. The summed E-state index contributed by atoms with van der Waals surface area (Å²) in [5, 5.41) is -0.612. The van der Waals surface area contributed by atoms with Gasteiger partial charge < -0.3 is 17.4 Å². The second-order valence-corrected chi connectivity index (χ2v) is 1.92. The van der Waals surface area contributed by atoms with Gasteiger partial charge in [0.25, 0.3) is 0 Å². The van der Waals surface area contributed by atoms with E-state index in [0.717, 1.165) is 6.42 Å². The molecule has 0 saturated carbocycles. The second-order valence-electron chi connectivity index (χ2n) is 1.59. The van der Waals surface area contributed by atoms with Gasteiger partial charge in [0, 0.05) is 0 Å². The molecule has 2 nitrogen and oxygen atoms in total. The average Bonchev–Trinajstić information content (AvgIpc) is 1.65. The molecule has 0 heterocycles. The van der Waals surface area contributed by atoms with Crippen LogP contribution >= 0.6 is 0 Å². The van der Waals surface area contributed by atoms with Crippen LogP contribution in [0.2, 0.25) is 0 Å². The number of rotatable bonds is 2. The van der Waals surface area contributed by atoms with Crippen molar-refractivity contribution in [1.29, 1.82) is 0 Å². The Labute approximate surface area is 104 Å². The van der Waals surface area contributed by atoms with E-state index in [-0.39, 0.29) is 57.5 Å². The molecule has 9 heavy (non-hydrogen) atoms. The van der Waals surface area contributed by atoms with Crippen LogP contribution in [0.5, 0.6) is 0 Å². The molecule has 0 aliphatic rings. The minimum atomic E-state index is -0.612. The van der Waals surface area contributed by atoms with Crippen molar-refractivity contribution in [2.45, 2.75) is 26.4 Å². The zero-order valence-corrected chi connectivity index (χ0v) is 9.95. The van der Waals surface area contributed by atoms with Gasteiger partial charge in [-0.25, -0.2) is 0 Å². The maximum absolute atomic E-state index is 10.0. The van der Waals surface area contributed by atoms with Crippen LogP contribution < -0.4 is 51.4 Å². The molecule has 0 aromatic carbocycles. The van der Waals surface area contributed by atoms with Crippen molar-refractivity contribution in [3.05, 3.63) is 0 Å². The molecule has 0 aromatic rings. The first-order chi connectivity index (χ1) is 3.66. The van der Waals surface area contributed by atoms with Gasteiger partial charge in [0.2, 0.25) is 0 Å². The molecule has 48 valence electrons. The van der Waals surface area contributed by atoms with Gasteiger partial charge in [-0.3, -0.25) is 4.79 Å². The monoisotopic (exact) mass is 172 g/mol. The Morgan fingerprint density at radius 3 is 2.33 bits per heavy atom. The molecule has 0 radical (unpaired) electrons. The Bertz CT molecular complexity index is 87.0. The Hall–Kier alpha value is 1.33. The van der Waals surface area contributed by atoms with Crippen molar-refractivity contribution < 1.29 is 60.9 Å². The Kier molecular flexibility index (Phi) is 10.7. The van der Waals surface area contributed by atoms with Crippen molar-refractivity contribution in [1.82, 2.24) is 0 Å². The van der Waals surface area contributed by atoms with E-state index in [9.17, 15) is 4.79 Å². The van der Waals surface area contributed by atoms with Crippen molar-refractivity contribution in [3.8, 4) is 0 Å². The minimum absolute atomic E-state index is 0. The van der Waals surface area contributed by atoms with Crippen LogP contribution in [-0.4, -0.2) is 11.4 Å². The van der Waals surface area contributed by atoms with E-state index in [1.165, 1.54) is 0 Å². The number of ether oxygens (including phenoxy) is 1. The number of carbonyl (C=O) groups is 1. The first-order valence-corrected chi connectivity index (χ1v) is 2.95. The summed E-state index contributed by atoms with van der Waals surface area (Å²) >= 11 is 4.16. The summed E-state index contributed by atoms with van der Waals surface area (Å²) in [7, 11) is 0. The molecule has 0 saturated heterocycles. The number of carbonyl (C=O) groups excluding carboxylic acids is 1. The van der Waals surface area contributed by atoms with Crippen LogP contribution in [0.4, 0.5) is 4.79 Å². The van der Waals surface area contributed by atoms with Crippen LogP contribution in [-0.2, 0) is 17.4 Å². The third-order valence-electron chi connectivity index (χ3n) is 0.872. The van der Waals surface area contributed by atoms with Gasteiger partial charge in [0.1, 0.15) is 0 Å². The molecule has 0 aliphatic heterocycles. The molecule has 0 bridgehead atoms. The largest absolute Gasteiger partial charge is 1.00 e. The zero-order valence-electron chi connectivity index (χ0n) is 6.01. The third-order valence-corrected chi connectivity index (χ3v) is 0.969. The molecule has 0 N–H and O–H groups in total. The van der Waals surface area contributed by atoms with Gasteiger partial charge in [0.15, 0.2) is 5.30 Å². The van der Waals surface area contributed by atoms with Crippen molar-refractivity contribution >= 4 is 17.9 Å². The van der Waals surface area contributed by atoms with Crippen LogP contribution in [0.3, 0.4) is 0 Å². The molecule has 1 atom stereocenters. The maximum atomic E-state index is 10.0. The molecule has 0 rings (SSSR count). The quantitative estimate of drug-likeness (QED) is 0.287. The van der Waals surface area contributed by atoms with E-state index in [1.54, 1.807) is 0 Å². The van der Waals surface area contributed by atoms with Crippen LogP contribution in [0, 0.1) is 0 Å². The van der Waals surface area contributed by atoms with Crippen LogP contribution in [0.25, 0.3) is 0 Å². The predicted molar refractivity (Wildman–Crippen MR) is 33.6 cm³/mol. The van der Waals surface area contributed by atoms with Gasteiger partial charge in [0.05, 0.1) is 6.10 Å². The van der Waals surface area contributed by atoms with Crippen LogP contribution in [0.1, 0.15) is 20.3 Å². The van der Waals surface area contributed by atoms with Crippen molar-refractivity contribution in [2.75, 3.05) is 0 Å². The van der Waals surface area contributed by atoms with Crippen molar-refractivity contribution in [2.24, 2.45) is 0 Å². The Morgan fingerprint density at radius 1 is 1.78 bits per heavy atom. The summed E-state index contributed by atoms with van der Waals surface area (Å²) in [4.78, 5) is 10.0. The third kappa shape index (κ3) is 9.33. The molecular weight excluding hydrogens is 163 g/mol. The first kappa shape index (κ1) is 13.0. The fraction of sp³-hybridized carbons (Fsp3) is 0.800. The van der Waals surface area contributed by atoms with Crippen molar-refractivity contribution in [3.63, 3.8) is 0 Å². The molecule has 0 amide bonds. The zero-order chi connectivity index (χ0) is 6.57. The first-order valence-electron chi connectivity index (χ1n) is 2.54. The summed E-state index contributed by atoms with van der Waals surface area (Å²) in [5.41, 5.74) is 0. The smallest absolute Gasteiger partial charge is 0.698 e. The number of hydrogen-bond acceptors (Lipinski definition) is 3. The molecule has 0 spiro atoms. The van der Waals surface area contributed by atoms with Gasteiger partial charge in [-0.15, -0.1) is 0 Å². The van der Waals surface area contributed by atoms with Gasteiger partial charge in [-0.05, 0) is 13.3 Å². The fourth-order valence-electron chi connectivity index (χ4n) is 0.248. The summed E-state index contributed by atoms with van der Waals surface area (Å²) in [6.07, 6.45) is 0.794. The van der Waals surface area contributed by atoms with E-state index in [2.05, 4.69) is 17.4 Å². The van der Waals surface area contributed by atoms with Gasteiger partial charge in [-0.2, -0.15) is 0 Å². The summed E-state index contributed by atoms with van der Waals surface area (Å²) in [6.45, 7) is 3.74. The average molecular weight is 172 g/mol. The topological polar surface area (TPSA) is 26.3 Å². The summed E-state index contributed by atoms with van der Waals surface area (Å²) < 4.78 is 4.58. The SMILES string of the molecule is CCC(C)OC(=O)[S-].[K+]. The molecule has 0 fully saturated rings. The fourth-order valence-corrected chi connectivity index (χ4v) is 0.412. The van der Waals surface area contributed by atoms with E-state index in [4.69, 9.17) is 0 Å². The van der Waals surface area contributed by atoms with Gasteiger partial charge in [-0.1, -0.05) is 6.92 Å². The molecular formula is C5H9KO2S. The molecule has 0 aliphatic carbocycles. The maximum Gasteiger partial charge on any atom is 1.00 e. The molecule has 1 unspecified atom stereocenters. The summed E-state index contributed by atoms with van der Waals surface area (Å²) in [5.74, 6) is 0. The van der Waals surface area contributed by atoms with E-state index >= 15 is 0 Å². The number of hydrogen-bond donors (Lipinski definition) is 0. The van der Waals surface area contributed by atoms with E-state index < -0.39 is 5.30 Å². The normalized spacial score (nSPS) is 11.3. The second kappa shape index (κ2) is 7.43. The molecule has 4 heteroatoms. The predicted octanol–water partition coefficient (Wildman–Crippen LogP) is -1.53. The van der Waals surface area contributed by atoms with E-state index in [0.29, 0.717) is 0 Å². The van der Waals surface area contributed by atoms with E-state index in [1.807, 2.05) is 13.8 Å². The minimum Gasteiger partial charge on any atom is -0.698 e. The van der Waals surface area contributed by atoms with Gasteiger partial charge >= 0.3 is 51.4 Å².